The number of carbonyl (C=O) groups is 1. The monoisotopic (exact) mass is 378 g/mol. The molecule has 0 aliphatic carbocycles. The van der Waals surface area contributed by atoms with Crippen molar-refractivity contribution >= 4 is 5.91 Å². The second kappa shape index (κ2) is 9.74. The van der Waals surface area contributed by atoms with Gasteiger partial charge in [-0.05, 0) is 30.5 Å². The molecule has 1 aromatic heterocycles. The van der Waals surface area contributed by atoms with Crippen molar-refractivity contribution < 1.29 is 13.9 Å². The van der Waals surface area contributed by atoms with Crippen LogP contribution in [0.5, 0.6) is 5.75 Å². The van der Waals surface area contributed by atoms with Crippen LogP contribution in [0.2, 0.25) is 0 Å². The first kappa shape index (κ1) is 19.7. The van der Waals surface area contributed by atoms with Crippen LogP contribution in [0.25, 0.3) is 11.3 Å². The highest BCUT2D eigenvalue weighted by molar-refractivity contribution is 5.76. The highest BCUT2D eigenvalue weighted by atomic mass is 16.5. The molecule has 0 saturated heterocycles. The summed E-state index contributed by atoms with van der Waals surface area (Å²) in [5, 5.41) is 3.11. The number of aromatic nitrogens is 1. The van der Waals surface area contributed by atoms with Gasteiger partial charge in [-0.1, -0.05) is 49.4 Å². The maximum Gasteiger partial charge on any atom is 0.220 e. The van der Waals surface area contributed by atoms with Crippen LogP contribution in [0.4, 0.5) is 0 Å². The second-order valence-corrected chi connectivity index (χ2v) is 6.64. The Morgan fingerprint density at radius 1 is 1.14 bits per heavy atom. The van der Waals surface area contributed by atoms with Crippen LogP contribution in [-0.4, -0.2) is 18.0 Å². The molecular formula is C23H26N2O3. The summed E-state index contributed by atoms with van der Waals surface area (Å²) >= 11 is 0. The normalized spacial score (nSPS) is 11.8. The molecule has 28 heavy (non-hydrogen) atoms. The van der Waals surface area contributed by atoms with E-state index in [1.807, 2.05) is 54.6 Å². The molecule has 0 bridgehead atoms. The number of hydrogen-bond donors (Lipinski definition) is 1. The first-order valence-electron chi connectivity index (χ1n) is 9.63. The Morgan fingerprint density at radius 3 is 2.57 bits per heavy atom. The molecule has 0 spiro atoms. The lowest BCUT2D eigenvalue weighted by Gasteiger charge is -2.17. The molecule has 146 valence electrons. The summed E-state index contributed by atoms with van der Waals surface area (Å²) in [4.78, 5) is 16.7. The number of carbonyl (C=O) groups excluding carboxylic acids is 1. The third kappa shape index (κ3) is 5.22. The van der Waals surface area contributed by atoms with Crippen molar-refractivity contribution in [3.05, 3.63) is 72.2 Å². The lowest BCUT2D eigenvalue weighted by atomic mass is 10.0. The molecule has 3 rings (SSSR count). The molecule has 5 heteroatoms. The van der Waals surface area contributed by atoms with Gasteiger partial charge in [-0.15, -0.1) is 0 Å². The minimum atomic E-state index is 0.00447. The molecule has 1 unspecified atom stereocenters. The number of amides is 1. The van der Waals surface area contributed by atoms with Crippen LogP contribution in [0.3, 0.4) is 0 Å². The number of rotatable bonds is 9. The number of benzene rings is 2. The average Bonchev–Trinajstić information content (AvgIpc) is 3.22. The van der Waals surface area contributed by atoms with E-state index in [4.69, 9.17) is 9.15 Å². The van der Waals surface area contributed by atoms with E-state index in [9.17, 15) is 4.79 Å². The van der Waals surface area contributed by atoms with E-state index in [0.717, 1.165) is 29.1 Å². The van der Waals surface area contributed by atoms with Crippen LogP contribution in [0.15, 0.2) is 65.2 Å². The molecule has 0 aliphatic heterocycles. The summed E-state index contributed by atoms with van der Waals surface area (Å²) in [6, 6.07) is 17.7. The first-order chi connectivity index (χ1) is 13.7. The van der Waals surface area contributed by atoms with Gasteiger partial charge in [0.2, 0.25) is 5.91 Å². The van der Waals surface area contributed by atoms with Gasteiger partial charge in [0.25, 0.3) is 0 Å². The van der Waals surface area contributed by atoms with Gasteiger partial charge in [0.05, 0.1) is 19.3 Å². The molecule has 0 aliphatic rings. The quantitative estimate of drug-likeness (QED) is 0.573. The van der Waals surface area contributed by atoms with Crippen molar-refractivity contribution in [2.24, 2.45) is 0 Å². The molecule has 1 N–H and O–H groups in total. The average molecular weight is 378 g/mol. The Morgan fingerprint density at radius 2 is 1.89 bits per heavy atom. The molecule has 1 amide bonds. The maximum absolute atomic E-state index is 12.3. The Bertz CT molecular complexity index is 872. The van der Waals surface area contributed by atoms with Gasteiger partial charge >= 0.3 is 0 Å². The summed E-state index contributed by atoms with van der Waals surface area (Å²) in [6.45, 7) is 2.06. The molecule has 1 heterocycles. The largest absolute Gasteiger partial charge is 0.497 e. The van der Waals surface area contributed by atoms with Crippen molar-refractivity contribution in [2.45, 2.75) is 38.6 Å². The fraction of sp³-hybridized carbons (Fsp3) is 0.304. The third-order valence-electron chi connectivity index (χ3n) is 4.67. The molecule has 1 atom stereocenters. The van der Waals surface area contributed by atoms with Crippen LogP contribution in [0.1, 0.15) is 43.7 Å². The second-order valence-electron chi connectivity index (χ2n) is 6.64. The van der Waals surface area contributed by atoms with Gasteiger partial charge in [0.15, 0.2) is 11.7 Å². The number of oxazole rings is 1. The number of ether oxygens (including phenoxy) is 1. The number of nitrogens with zero attached hydrogens (tertiary/aromatic N) is 1. The van der Waals surface area contributed by atoms with E-state index in [1.165, 1.54) is 0 Å². The zero-order chi connectivity index (χ0) is 19.8. The Labute approximate surface area is 165 Å². The van der Waals surface area contributed by atoms with E-state index in [1.54, 1.807) is 13.3 Å². The predicted molar refractivity (Wildman–Crippen MR) is 109 cm³/mol. The van der Waals surface area contributed by atoms with Gasteiger partial charge in [0.1, 0.15) is 5.75 Å². The molecule has 0 radical (unpaired) electrons. The SMILES string of the molecule is CCC(NC(=O)CCCc1ncc(-c2ccccc2)o1)c1ccc(OC)cc1. The van der Waals surface area contributed by atoms with Crippen molar-refractivity contribution in [1.82, 2.24) is 10.3 Å². The van der Waals surface area contributed by atoms with Gasteiger partial charge in [-0.2, -0.15) is 0 Å². The summed E-state index contributed by atoms with van der Waals surface area (Å²) in [7, 11) is 1.64. The summed E-state index contributed by atoms with van der Waals surface area (Å²) in [5.74, 6) is 2.27. The van der Waals surface area contributed by atoms with Gasteiger partial charge in [-0.25, -0.2) is 4.98 Å². The Balaban J connectivity index is 1.48. The molecule has 2 aromatic carbocycles. The fourth-order valence-corrected chi connectivity index (χ4v) is 3.09. The van der Waals surface area contributed by atoms with Crippen molar-refractivity contribution in [3.63, 3.8) is 0 Å². The standard InChI is InChI=1S/C23H26N2O3/c1-3-20(17-12-14-19(27-2)15-13-17)25-22(26)10-7-11-23-24-16-21(28-23)18-8-5-4-6-9-18/h4-6,8-9,12-16,20H,3,7,10-11H2,1-2H3,(H,25,26). The number of methoxy groups -OCH3 is 1. The zero-order valence-electron chi connectivity index (χ0n) is 16.4. The predicted octanol–water partition coefficient (Wildman–Crippen LogP) is 4.94. The first-order valence-corrected chi connectivity index (χ1v) is 9.63. The van der Waals surface area contributed by atoms with Gasteiger partial charge in [-0.3, -0.25) is 4.79 Å². The number of hydrogen-bond acceptors (Lipinski definition) is 4. The van der Waals surface area contributed by atoms with E-state index in [2.05, 4.69) is 17.2 Å². The summed E-state index contributed by atoms with van der Waals surface area (Å²) in [6.07, 6.45) is 4.34. The molecule has 5 nitrogen and oxygen atoms in total. The lowest BCUT2D eigenvalue weighted by molar-refractivity contribution is -0.122. The zero-order valence-corrected chi connectivity index (χ0v) is 16.4. The smallest absolute Gasteiger partial charge is 0.220 e. The van der Waals surface area contributed by atoms with Crippen LogP contribution < -0.4 is 10.1 Å². The third-order valence-corrected chi connectivity index (χ3v) is 4.67. The van der Waals surface area contributed by atoms with Crippen LogP contribution in [-0.2, 0) is 11.2 Å². The highest BCUT2D eigenvalue weighted by Crippen LogP contribution is 2.22. The minimum absolute atomic E-state index is 0.00447. The van der Waals surface area contributed by atoms with Gasteiger partial charge < -0.3 is 14.5 Å². The summed E-state index contributed by atoms with van der Waals surface area (Å²) < 4.78 is 11.0. The molecule has 0 fully saturated rings. The topological polar surface area (TPSA) is 64.4 Å². The Kier molecular flexibility index (Phi) is 6.84. The molecule has 3 aromatic rings. The highest BCUT2D eigenvalue weighted by Gasteiger charge is 2.13. The van der Waals surface area contributed by atoms with E-state index >= 15 is 0 Å². The van der Waals surface area contributed by atoms with Crippen molar-refractivity contribution in [2.75, 3.05) is 7.11 Å². The number of nitrogens with one attached hydrogen (secondary N) is 1. The molecular weight excluding hydrogens is 352 g/mol. The van der Waals surface area contributed by atoms with Crippen molar-refractivity contribution in [1.29, 1.82) is 0 Å². The lowest BCUT2D eigenvalue weighted by Crippen LogP contribution is -2.27. The Hall–Kier alpha value is -3.08. The van der Waals surface area contributed by atoms with E-state index in [0.29, 0.717) is 25.2 Å². The van der Waals surface area contributed by atoms with Crippen molar-refractivity contribution in [3.8, 4) is 17.1 Å². The van der Waals surface area contributed by atoms with E-state index in [-0.39, 0.29) is 11.9 Å². The number of aryl methyl sites for hydroxylation is 1. The minimum Gasteiger partial charge on any atom is -0.497 e. The van der Waals surface area contributed by atoms with Crippen LogP contribution >= 0.6 is 0 Å². The van der Waals surface area contributed by atoms with E-state index < -0.39 is 0 Å². The maximum atomic E-state index is 12.3. The van der Waals surface area contributed by atoms with Crippen LogP contribution in [0, 0.1) is 0 Å². The van der Waals surface area contributed by atoms with Gasteiger partial charge in [0, 0.05) is 18.4 Å². The fourth-order valence-electron chi connectivity index (χ4n) is 3.09. The summed E-state index contributed by atoms with van der Waals surface area (Å²) in [5.41, 5.74) is 2.08. The molecule has 0 saturated carbocycles.